The molecular formula is C23H27N3O. The number of H-pyrrole nitrogens is 1. The van der Waals surface area contributed by atoms with Crippen LogP contribution < -0.4 is 4.90 Å². The number of aromatic nitrogens is 1. The first-order chi connectivity index (χ1) is 13.1. The fraction of sp³-hybridized carbons (Fsp3) is 0.348. The largest absolute Gasteiger partial charge is 0.368 e. The summed E-state index contributed by atoms with van der Waals surface area (Å²) < 4.78 is 0. The Morgan fingerprint density at radius 3 is 2.67 bits per heavy atom. The summed E-state index contributed by atoms with van der Waals surface area (Å²) in [4.78, 5) is 20.4. The minimum Gasteiger partial charge on any atom is -0.368 e. The zero-order valence-electron chi connectivity index (χ0n) is 16.2. The molecule has 0 radical (unpaired) electrons. The number of aryl methyl sites for hydroxylation is 3. The van der Waals surface area contributed by atoms with Crippen LogP contribution in [0, 0.1) is 13.8 Å². The lowest BCUT2D eigenvalue weighted by molar-refractivity contribution is -0.131. The van der Waals surface area contributed by atoms with Crippen molar-refractivity contribution in [3.05, 3.63) is 65.4 Å². The number of hydrogen-bond acceptors (Lipinski definition) is 2. The number of rotatable bonds is 4. The molecule has 1 fully saturated rings. The molecule has 3 aromatic rings. The van der Waals surface area contributed by atoms with Crippen molar-refractivity contribution in [3.8, 4) is 0 Å². The van der Waals surface area contributed by atoms with Gasteiger partial charge in [0.2, 0.25) is 5.91 Å². The third kappa shape index (κ3) is 3.70. The molecule has 1 N–H and O–H groups in total. The topological polar surface area (TPSA) is 39.3 Å². The Kier molecular flexibility index (Phi) is 4.88. The molecule has 1 amide bonds. The van der Waals surface area contributed by atoms with Gasteiger partial charge >= 0.3 is 0 Å². The smallest absolute Gasteiger partial charge is 0.223 e. The number of fused-ring (bicyclic) bond motifs is 1. The predicted octanol–water partition coefficient (Wildman–Crippen LogP) is 4.07. The van der Waals surface area contributed by atoms with Gasteiger partial charge in [-0.1, -0.05) is 24.3 Å². The van der Waals surface area contributed by atoms with Crippen LogP contribution >= 0.6 is 0 Å². The zero-order valence-corrected chi connectivity index (χ0v) is 16.2. The molecule has 2 aromatic carbocycles. The molecular weight excluding hydrogens is 334 g/mol. The Hall–Kier alpha value is -2.75. The number of carbonyl (C=O) groups is 1. The minimum atomic E-state index is 0.267. The summed E-state index contributed by atoms with van der Waals surface area (Å²) in [6, 6.07) is 15.0. The number of nitrogens with one attached hydrogen (secondary N) is 1. The Balaban J connectivity index is 1.35. The maximum atomic E-state index is 12.7. The quantitative estimate of drug-likeness (QED) is 0.761. The molecule has 2 heterocycles. The summed E-state index contributed by atoms with van der Waals surface area (Å²) in [5.74, 6) is 0.267. The van der Waals surface area contributed by atoms with Gasteiger partial charge in [0, 0.05) is 55.4 Å². The van der Waals surface area contributed by atoms with Crippen molar-refractivity contribution in [2.45, 2.75) is 26.7 Å². The summed E-state index contributed by atoms with van der Waals surface area (Å²) in [5, 5.41) is 1.23. The van der Waals surface area contributed by atoms with Gasteiger partial charge in [0.1, 0.15) is 0 Å². The normalized spacial score (nSPS) is 14.7. The molecule has 4 rings (SSSR count). The van der Waals surface area contributed by atoms with Crippen LogP contribution in [0.4, 0.5) is 5.69 Å². The van der Waals surface area contributed by atoms with Crippen molar-refractivity contribution < 1.29 is 4.79 Å². The number of piperazine rings is 1. The van der Waals surface area contributed by atoms with E-state index in [4.69, 9.17) is 0 Å². The van der Waals surface area contributed by atoms with Gasteiger partial charge in [0.25, 0.3) is 0 Å². The van der Waals surface area contributed by atoms with Gasteiger partial charge in [-0.15, -0.1) is 0 Å². The van der Waals surface area contributed by atoms with Crippen LogP contribution in [0.5, 0.6) is 0 Å². The van der Waals surface area contributed by atoms with E-state index >= 15 is 0 Å². The van der Waals surface area contributed by atoms with Crippen molar-refractivity contribution in [1.82, 2.24) is 9.88 Å². The Labute approximate surface area is 160 Å². The Morgan fingerprint density at radius 2 is 1.85 bits per heavy atom. The summed E-state index contributed by atoms with van der Waals surface area (Å²) in [7, 11) is 0. The second-order valence-electron chi connectivity index (χ2n) is 7.51. The number of benzene rings is 2. The van der Waals surface area contributed by atoms with E-state index in [2.05, 4.69) is 66.2 Å². The fourth-order valence-electron chi connectivity index (χ4n) is 4.03. The van der Waals surface area contributed by atoms with Crippen molar-refractivity contribution in [1.29, 1.82) is 0 Å². The molecule has 0 saturated carbocycles. The highest BCUT2D eigenvalue weighted by atomic mass is 16.2. The van der Waals surface area contributed by atoms with E-state index < -0.39 is 0 Å². The maximum absolute atomic E-state index is 12.7. The van der Waals surface area contributed by atoms with Gasteiger partial charge in [-0.3, -0.25) is 4.79 Å². The Morgan fingerprint density at radius 1 is 1.04 bits per heavy atom. The molecule has 1 aliphatic heterocycles. The van der Waals surface area contributed by atoms with Gasteiger partial charge in [-0.25, -0.2) is 0 Å². The molecule has 27 heavy (non-hydrogen) atoms. The molecule has 1 aliphatic rings. The molecule has 1 saturated heterocycles. The van der Waals surface area contributed by atoms with Gasteiger partial charge in [-0.2, -0.15) is 0 Å². The Bertz CT molecular complexity index is 951. The van der Waals surface area contributed by atoms with Gasteiger partial charge < -0.3 is 14.8 Å². The van der Waals surface area contributed by atoms with Crippen molar-refractivity contribution >= 4 is 22.5 Å². The van der Waals surface area contributed by atoms with Crippen molar-refractivity contribution in [3.63, 3.8) is 0 Å². The summed E-state index contributed by atoms with van der Waals surface area (Å²) >= 11 is 0. The number of nitrogens with zero attached hydrogens (tertiary/aromatic N) is 2. The van der Waals surface area contributed by atoms with E-state index in [1.165, 1.54) is 27.8 Å². The number of anilines is 1. The van der Waals surface area contributed by atoms with Gasteiger partial charge in [-0.05, 0) is 55.2 Å². The predicted molar refractivity (Wildman–Crippen MR) is 111 cm³/mol. The van der Waals surface area contributed by atoms with E-state index in [1.807, 2.05) is 11.1 Å². The number of amides is 1. The van der Waals surface area contributed by atoms with E-state index in [0.29, 0.717) is 6.42 Å². The van der Waals surface area contributed by atoms with E-state index in [0.717, 1.165) is 38.1 Å². The van der Waals surface area contributed by atoms with Gasteiger partial charge in [0.05, 0.1) is 0 Å². The second-order valence-corrected chi connectivity index (χ2v) is 7.51. The molecule has 1 aromatic heterocycles. The highest BCUT2D eigenvalue weighted by Crippen LogP contribution is 2.23. The maximum Gasteiger partial charge on any atom is 0.223 e. The first-order valence-electron chi connectivity index (χ1n) is 9.77. The number of aromatic amines is 1. The molecule has 0 aliphatic carbocycles. The van der Waals surface area contributed by atoms with Crippen LogP contribution in [0.1, 0.15) is 23.1 Å². The van der Waals surface area contributed by atoms with Gasteiger partial charge in [0.15, 0.2) is 0 Å². The molecule has 0 unspecified atom stereocenters. The lowest BCUT2D eigenvalue weighted by Gasteiger charge is -2.37. The molecule has 140 valence electrons. The summed E-state index contributed by atoms with van der Waals surface area (Å²) in [6.07, 6.45) is 3.33. The average Bonchev–Trinajstić information content (AvgIpc) is 3.17. The van der Waals surface area contributed by atoms with Crippen LogP contribution in [0.15, 0.2) is 48.7 Å². The molecule has 4 heteroatoms. The monoisotopic (exact) mass is 361 g/mol. The summed E-state index contributed by atoms with van der Waals surface area (Å²) in [5.41, 5.74) is 6.28. The molecule has 0 spiro atoms. The highest BCUT2D eigenvalue weighted by Gasteiger charge is 2.22. The highest BCUT2D eigenvalue weighted by molar-refractivity contribution is 5.84. The van der Waals surface area contributed by atoms with Crippen molar-refractivity contribution in [2.24, 2.45) is 0 Å². The first-order valence-corrected chi connectivity index (χ1v) is 9.77. The lowest BCUT2D eigenvalue weighted by atomic mass is 10.0. The molecule has 0 atom stereocenters. The van der Waals surface area contributed by atoms with Crippen LogP contribution in [0.2, 0.25) is 0 Å². The second kappa shape index (κ2) is 7.47. The average molecular weight is 361 g/mol. The van der Waals surface area contributed by atoms with Crippen LogP contribution in [0.3, 0.4) is 0 Å². The van der Waals surface area contributed by atoms with E-state index in [1.54, 1.807) is 0 Å². The van der Waals surface area contributed by atoms with Crippen molar-refractivity contribution in [2.75, 3.05) is 31.1 Å². The third-order valence-corrected chi connectivity index (χ3v) is 5.63. The van der Waals surface area contributed by atoms with Crippen LogP contribution in [-0.2, 0) is 11.2 Å². The fourth-order valence-corrected chi connectivity index (χ4v) is 4.03. The molecule has 0 bridgehead atoms. The van der Waals surface area contributed by atoms with E-state index in [9.17, 15) is 4.79 Å². The minimum absolute atomic E-state index is 0.267. The van der Waals surface area contributed by atoms with E-state index in [-0.39, 0.29) is 5.91 Å². The zero-order chi connectivity index (χ0) is 18.8. The SMILES string of the molecule is Cc1ccc(C)c(N2CCN(C(=O)CCc3cccc4[nH]ccc34)CC2)c1. The number of carbonyl (C=O) groups excluding carboxylic acids is 1. The lowest BCUT2D eigenvalue weighted by Crippen LogP contribution is -2.49. The molecule has 4 nitrogen and oxygen atoms in total. The standard InChI is InChI=1S/C23H27N3O/c1-17-6-7-18(2)22(16-17)25-12-14-26(15-13-25)23(27)9-8-19-4-3-5-21-20(19)10-11-24-21/h3-7,10-11,16,24H,8-9,12-15H2,1-2H3. The third-order valence-electron chi connectivity index (χ3n) is 5.63. The summed E-state index contributed by atoms with van der Waals surface area (Å²) in [6.45, 7) is 7.72. The van der Waals surface area contributed by atoms with Crippen LogP contribution in [-0.4, -0.2) is 42.0 Å². The van der Waals surface area contributed by atoms with Crippen LogP contribution in [0.25, 0.3) is 10.9 Å². The number of hydrogen-bond donors (Lipinski definition) is 1. The first kappa shape index (κ1) is 17.7.